The van der Waals surface area contributed by atoms with Gasteiger partial charge in [-0.25, -0.2) is 0 Å². The zero-order valence-electron chi connectivity index (χ0n) is 8.03. The molecule has 0 spiro atoms. The number of halogens is 1. The third-order valence-electron chi connectivity index (χ3n) is 2.03. The molecule has 4 heteroatoms. The first kappa shape index (κ1) is 11.7. The standard InChI is InChI=1S/C10H14ClNOS/c1-13-10-3-2-7(11)6-8(10)9(12)4-5-14/h2-3,6,9,14H,4-5,12H2,1H3. The summed E-state index contributed by atoms with van der Waals surface area (Å²) in [6.45, 7) is 0. The topological polar surface area (TPSA) is 35.2 Å². The Kier molecular flexibility index (Phi) is 4.58. The van der Waals surface area contributed by atoms with Gasteiger partial charge in [-0.15, -0.1) is 0 Å². The van der Waals surface area contributed by atoms with Crippen molar-refractivity contribution >= 4 is 24.2 Å². The molecule has 0 radical (unpaired) electrons. The van der Waals surface area contributed by atoms with Gasteiger partial charge in [0.25, 0.3) is 0 Å². The average molecular weight is 232 g/mol. The van der Waals surface area contributed by atoms with Crippen LogP contribution in [0.2, 0.25) is 5.02 Å². The Hall–Kier alpha value is -0.380. The summed E-state index contributed by atoms with van der Waals surface area (Å²) in [5, 5.41) is 0.676. The van der Waals surface area contributed by atoms with Gasteiger partial charge in [-0.3, -0.25) is 0 Å². The second-order valence-electron chi connectivity index (χ2n) is 3.01. The molecule has 0 saturated carbocycles. The van der Waals surface area contributed by atoms with Crippen LogP contribution in [-0.2, 0) is 0 Å². The molecule has 0 aromatic heterocycles. The van der Waals surface area contributed by atoms with Gasteiger partial charge in [0.2, 0.25) is 0 Å². The Labute approximate surface area is 94.8 Å². The van der Waals surface area contributed by atoms with Gasteiger partial charge in [-0.05, 0) is 30.4 Å². The third-order valence-corrected chi connectivity index (χ3v) is 2.52. The van der Waals surface area contributed by atoms with Crippen molar-refractivity contribution < 1.29 is 4.74 Å². The molecule has 2 nitrogen and oxygen atoms in total. The lowest BCUT2D eigenvalue weighted by Gasteiger charge is -2.14. The van der Waals surface area contributed by atoms with Crippen molar-refractivity contribution in [2.75, 3.05) is 12.9 Å². The quantitative estimate of drug-likeness (QED) is 0.782. The molecule has 1 aromatic carbocycles. The predicted octanol–water partition coefficient (Wildman–Crippen LogP) is 2.67. The van der Waals surface area contributed by atoms with Crippen molar-refractivity contribution in [3.63, 3.8) is 0 Å². The van der Waals surface area contributed by atoms with E-state index >= 15 is 0 Å². The lowest BCUT2D eigenvalue weighted by atomic mass is 10.0. The van der Waals surface area contributed by atoms with E-state index in [2.05, 4.69) is 12.6 Å². The summed E-state index contributed by atoms with van der Waals surface area (Å²) in [6.07, 6.45) is 0.805. The molecule has 14 heavy (non-hydrogen) atoms. The summed E-state index contributed by atoms with van der Waals surface area (Å²) < 4.78 is 5.20. The molecule has 1 aromatic rings. The number of hydrogen-bond donors (Lipinski definition) is 2. The second kappa shape index (κ2) is 5.49. The molecule has 0 aliphatic carbocycles. The molecule has 0 heterocycles. The highest BCUT2D eigenvalue weighted by molar-refractivity contribution is 7.80. The van der Waals surface area contributed by atoms with Crippen LogP contribution in [0.15, 0.2) is 18.2 Å². The van der Waals surface area contributed by atoms with E-state index in [1.54, 1.807) is 13.2 Å². The van der Waals surface area contributed by atoms with Crippen molar-refractivity contribution in [1.82, 2.24) is 0 Å². The van der Waals surface area contributed by atoms with Crippen LogP contribution in [0.3, 0.4) is 0 Å². The molecule has 0 saturated heterocycles. The highest BCUT2D eigenvalue weighted by atomic mass is 35.5. The Morgan fingerprint density at radius 1 is 1.57 bits per heavy atom. The lowest BCUT2D eigenvalue weighted by Crippen LogP contribution is -2.12. The van der Waals surface area contributed by atoms with E-state index < -0.39 is 0 Å². The van der Waals surface area contributed by atoms with E-state index in [4.69, 9.17) is 22.1 Å². The van der Waals surface area contributed by atoms with Gasteiger partial charge in [0.15, 0.2) is 0 Å². The minimum atomic E-state index is -0.0684. The summed E-state index contributed by atoms with van der Waals surface area (Å²) in [5.41, 5.74) is 6.90. The van der Waals surface area contributed by atoms with Gasteiger partial charge in [0, 0.05) is 16.6 Å². The third kappa shape index (κ3) is 2.80. The average Bonchev–Trinajstić information content (AvgIpc) is 2.18. The smallest absolute Gasteiger partial charge is 0.123 e. The van der Waals surface area contributed by atoms with Crippen LogP contribution in [0, 0.1) is 0 Å². The Morgan fingerprint density at radius 2 is 2.29 bits per heavy atom. The zero-order chi connectivity index (χ0) is 10.6. The molecule has 0 bridgehead atoms. The van der Waals surface area contributed by atoms with Gasteiger partial charge < -0.3 is 10.5 Å². The molecule has 0 amide bonds. The Morgan fingerprint density at radius 3 is 2.86 bits per heavy atom. The molecule has 78 valence electrons. The molecule has 0 aliphatic heterocycles. The van der Waals surface area contributed by atoms with Crippen molar-refractivity contribution in [1.29, 1.82) is 0 Å². The fraction of sp³-hybridized carbons (Fsp3) is 0.400. The minimum absolute atomic E-state index is 0.0684. The summed E-state index contributed by atoms with van der Waals surface area (Å²) in [5.74, 6) is 1.53. The molecule has 1 rings (SSSR count). The molecule has 0 fully saturated rings. The predicted molar refractivity (Wildman–Crippen MR) is 63.4 cm³/mol. The molecule has 1 atom stereocenters. The number of nitrogens with two attached hydrogens (primary N) is 1. The van der Waals surface area contributed by atoms with Gasteiger partial charge >= 0.3 is 0 Å². The van der Waals surface area contributed by atoms with E-state index in [0.717, 1.165) is 23.5 Å². The van der Waals surface area contributed by atoms with Crippen molar-refractivity contribution in [3.8, 4) is 5.75 Å². The summed E-state index contributed by atoms with van der Waals surface area (Å²) in [4.78, 5) is 0. The summed E-state index contributed by atoms with van der Waals surface area (Å²) in [7, 11) is 1.63. The van der Waals surface area contributed by atoms with Crippen molar-refractivity contribution in [3.05, 3.63) is 28.8 Å². The number of methoxy groups -OCH3 is 1. The van der Waals surface area contributed by atoms with Crippen molar-refractivity contribution in [2.45, 2.75) is 12.5 Å². The maximum atomic E-state index is 5.96. The van der Waals surface area contributed by atoms with E-state index in [9.17, 15) is 0 Å². The van der Waals surface area contributed by atoms with Crippen LogP contribution in [0.25, 0.3) is 0 Å². The van der Waals surface area contributed by atoms with E-state index in [0.29, 0.717) is 5.02 Å². The maximum absolute atomic E-state index is 5.96. The first-order chi connectivity index (χ1) is 6.69. The normalized spacial score (nSPS) is 12.6. The number of benzene rings is 1. The first-order valence-electron chi connectivity index (χ1n) is 4.39. The Balaban J connectivity index is 2.97. The van der Waals surface area contributed by atoms with Gasteiger partial charge in [-0.1, -0.05) is 11.6 Å². The SMILES string of the molecule is COc1ccc(Cl)cc1C(N)CCS. The van der Waals surface area contributed by atoms with Crippen LogP contribution in [0.5, 0.6) is 5.75 Å². The molecular formula is C10H14ClNOS. The minimum Gasteiger partial charge on any atom is -0.496 e. The van der Waals surface area contributed by atoms with E-state index in [-0.39, 0.29) is 6.04 Å². The maximum Gasteiger partial charge on any atom is 0.123 e. The monoisotopic (exact) mass is 231 g/mol. The van der Waals surface area contributed by atoms with Gasteiger partial charge in [0.1, 0.15) is 5.75 Å². The largest absolute Gasteiger partial charge is 0.496 e. The molecular weight excluding hydrogens is 218 g/mol. The lowest BCUT2D eigenvalue weighted by molar-refractivity contribution is 0.405. The Bertz CT molecular complexity index is 306. The van der Waals surface area contributed by atoms with Gasteiger partial charge in [-0.2, -0.15) is 12.6 Å². The molecule has 1 unspecified atom stereocenters. The zero-order valence-corrected chi connectivity index (χ0v) is 9.68. The highest BCUT2D eigenvalue weighted by Crippen LogP contribution is 2.28. The van der Waals surface area contributed by atoms with Gasteiger partial charge in [0.05, 0.1) is 7.11 Å². The first-order valence-corrected chi connectivity index (χ1v) is 5.40. The second-order valence-corrected chi connectivity index (χ2v) is 3.89. The van der Waals surface area contributed by atoms with Crippen LogP contribution in [0.4, 0.5) is 0 Å². The van der Waals surface area contributed by atoms with E-state index in [1.165, 1.54) is 0 Å². The summed E-state index contributed by atoms with van der Waals surface area (Å²) in [6, 6.07) is 5.39. The molecule has 0 aliphatic rings. The number of rotatable bonds is 4. The van der Waals surface area contributed by atoms with Crippen molar-refractivity contribution in [2.24, 2.45) is 5.73 Å². The number of hydrogen-bond acceptors (Lipinski definition) is 3. The van der Waals surface area contributed by atoms with Crippen LogP contribution >= 0.6 is 24.2 Å². The summed E-state index contributed by atoms with van der Waals surface area (Å²) >= 11 is 10.0. The highest BCUT2D eigenvalue weighted by Gasteiger charge is 2.11. The number of thiol groups is 1. The van der Waals surface area contributed by atoms with Crippen LogP contribution in [0.1, 0.15) is 18.0 Å². The number of ether oxygens (including phenoxy) is 1. The van der Waals surface area contributed by atoms with Crippen LogP contribution in [-0.4, -0.2) is 12.9 Å². The fourth-order valence-corrected chi connectivity index (χ4v) is 1.75. The molecule has 2 N–H and O–H groups in total. The fourth-order valence-electron chi connectivity index (χ4n) is 1.29. The van der Waals surface area contributed by atoms with Crippen LogP contribution < -0.4 is 10.5 Å². The van der Waals surface area contributed by atoms with E-state index in [1.807, 2.05) is 12.1 Å².